The van der Waals surface area contributed by atoms with E-state index in [1.165, 1.54) is 0 Å². The van der Waals surface area contributed by atoms with Crippen molar-refractivity contribution in [3.63, 3.8) is 0 Å². The van der Waals surface area contributed by atoms with E-state index in [0.717, 1.165) is 5.75 Å². The summed E-state index contributed by atoms with van der Waals surface area (Å²) >= 11 is 0. The number of Topliss-reactive ketones (excluding diaryl/α,β-unsaturated/α-hetero) is 2. The van der Waals surface area contributed by atoms with Gasteiger partial charge >= 0.3 is 0 Å². The summed E-state index contributed by atoms with van der Waals surface area (Å²) in [7, 11) is 0. The quantitative estimate of drug-likeness (QED) is 0.181. The van der Waals surface area contributed by atoms with E-state index in [-0.39, 0.29) is 0 Å². The Bertz CT molecular complexity index is 1150. The Hall–Kier alpha value is -4.38. The molecule has 32 heavy (non-hydrogen) atoms. The molecule has 0 aliphatic rings. The Labute approximate surface area is 186 Å². The molecular weight excluding hydrogens is 400 g/mol. The highest BCUT2D eigenvalue weighted by Crippen LogP contribution is 2.24. The molecule has 0 aromatic heterocycles. The van der Waals surface area contributed by atoms with Crippen LogP contribution in [0.2, 0.25) is 0 Å². The van der Waals surface area contributed by atoms with E-state index in [9.17, 15) is 9.59 Å². The Balaban J connectivity index is 1.56. The monoisotopic (exact) mass is 420 g/mol. The predicted molar refractivity (Wildman–Crippen MR) is 123 cm³/mol. The summed E-state index contributed by atoms with van der Waals surface area (Å²) in [5, 5.41) is 8.32. The van der Waals surface area contributed by atoms with Crippen molar-refractivity contribution in [1.29, 1.82) is 0 Å². The van der Waals surface area contributed by atoms with Gasteiger partial charge < -0.3 is 4.74 Å². The molecule has 5 heteroatoms. The van der Waals surface area contributed by atoms with E-state index < -0.39 is 17.6 Å². The van der Waals surface area contributed by atoms with Crippen molar-refractivity contribution in [2.75, 3.05) is 0 Å². The minimum atomic E-state index is -1.26. The number of carbonyl (C=O) groups excluding carboxylic acids is 2. The highest BCUT2D eigenvalue weighted by molar-refractivity contribution is 6.19. The van der Waals surface area contributed by atoms with E-state index in [1.807, 2.05) is 42.5 Å². The van der Waals surface area contributed by atoms with Crippen molar-refractivity contribution in [3.8, 4) is 11.5 Å². The lowest BCUT2D eigenvalue weighted by atomic mass is 9.97. The molecule has 4 aromatic carbocycles. The summed E-state index contributed by atoms with van der Waals surface area (Å²) in [6, 6.07) is 32.4. The first-order chi connectivity index (χ1) is 15.7. The zero-order valence-corrected chi connectivity index (χ0v) is 17.2. The van der Waals surface area contributed by atoms with Crippen LogP contribution in [0.15, 0.2) is 125 Å². The van der Waals surface area contributed by atoms with Gasteiger partial charge in [-0.05, 0) is 36.4 Å². The van der Waals surface area contributed by atoms with E-state index in [2.05, 4.69) is 10.2 Å². The fourth-order valence-corrected chi connectivity index (χ4v) is 3.07. The number of carbonyl (C=O) groups is 2. The Kier molecular flexibility index (Phi) is 6.58. The SMILES string of the molecule is O=C(c1ccccc1)C(N=Nc1ccc(Oc2ccccc2)cc1)C(=O)c1ccccc1. The van der Waals surface area contributed by atoms with E-state index in [1.54, 1.807) is 72.8 Å². The molecule has 0 saturated heterocycles. The molecule has 0 N–H and O–H groups in total. The van der Waals surface area contributed by atoms with Gasteiger partial charge in [0.15, 0.2) is 17.6 Å². The molecular formula is C27H20N2O3. The molecule has 0 amide bonds. The van der Waals surface area contributed by atoms with Crippen LogP contribution in [0.1, 0.15) is 20.7 Å². The maximum Gasteiger partial charge on any atom is 0.197 e. The lowest BCUT2D eigenvalue weighted by Gasteiger charge is -2.10. The minimum Gasteiger partial charge on any atom is -0.457 e. The molecule has 5 nitrogen and oxygen atoms in total. The van der Waals surface area contributed by atoms with Gasteiger partial charge in [0.2, 0.25) is 0 Å². The lowest BCUT2D eigenvalue weighted by Crippen LogP contribution is -2.28. The maximum absolute atomic E-state index is 13.0. The molecule has 156 valence electrons. The number of benzene rings is 4. The summed E-state index contributed by atoms with van der Waals surface area (Å²) in [6.07, 6.45) is 0. The van der Waals surface area contributed by atoms with Crippen LogP contribution in [-0.2, 0) is 0 Å². The van der Waals surface area contributed by atoms with Gasteiger partial charge in [0.05, 0.1) is 5.69 Å². The number of rotatable bonds is 8. The molecule has 0 fully saturated rings. The third kappa shape index (κ3) is 5.21. The van der Waals surface area contributed by atoms with E-state index >= 15 is 0 Å². The van der Waals surface area contributed by atoms with Crippen molar-refractivity contribution in [2.24, 2.45) is 10.2 Å². The summed E-state index contributed by atoms with van der Waals surface area (Å²) < 4.78 is 5.77. The number of ketones is 2. The lowest BCUT2D eigenvalue weighted by molar-refractivity contribution is 0.0861. The third-order valence-corrected chi connectivity index (χ3v) is 4.72. The number of hydrogen-bond donors (Lipinski definition) is 0. The third-order valence-electron chi connectivity index (χ3n) is 4.72. The Morgan fingerprint density at radius 2 is 1.00 bits per heavy atom. The van der Waals surface area contributed by atoms with Crippen molar-refractivity contribution in [2.45, 2.75) is 6.04 Å². The van der Waals surface area contributed by atoms with Crippen LogP contribution in [0.25, 0.3) is 0 Å². The fraction of sp³-hybridized carbons (Fsp3) is 0.0370. The summed E-state index contributed by atoms with van der Waals surface area (Å²) in [4.78, 5) is 26.1. The zero-order valence-electron chi connectivity index (χ0n) is 17.2. The maximum atomic E-state index is 13.0. The average Bonchev–Trinajstić information content (AvgIpc) is 2.86. The molecule has 0 bridgehead atoms. The van der Waals surface area contributed by atoms with Crippen molar-refractivity contribution < 1.29 is 14.3 Å². The summed E-state index contributed by atoms with van der Waals surface area (Å²) in [5.74, 6) is 0.579. The van der Waals surface area contributed by atoms with E-state index in [4.69, 9.17) is 4.74 Å². The number of nitrogens with zero attached hydrogens (tertiary/aromatic N) is 2. The van der Waals surface area contributed by atoms with E-state index in [0.29, 0.717) is 22.6 Å². The van der Waals surface area contributed by atoms with Crippen LogP contribution < -0.4 is 4.74 Å². The second-order valence-electron chi connectivity index (χ2n) is 6.99. The molecule has 0 radical (unpaired) electrons. The molecule has 0 aliphatic heterocycles. The standard InChI is InChI=1S/C27H20N2O3/c30-26(20-10-4-1-5-11-20)25(27(31)21-12-6-2-7-13-21)29-28-22-16-18-24(19-17-22)32-23-14-8-3-9-15-23/h1-19,25H. The second-order valence-corrected chi connectivity index (χ2v) is 6.99. The van der Waals surface area contributed by atoms with Crippen LogP contribution in [0.3, 0.4) is 0 Å². The summed E-state index contributed by atoms with van der Waals surface area (Å²) in [5.41, 5.74) is 1.33. The van der Waals surface area contributed by atoms with Gasteiger partial charge in [0, 0.05) is 11.1 Å². The van der Waals surface area contributed by atoms with Crippen molar-refractivity contribution in [1.82, 2.24) is 0 Å². The van der Waals surface area contributed by atoms with Crippen molar-refractivity contribution in [3.05, 3.63) is 126 Å². The Morgan fingerprint density at radius 1 is 0.562 bits per heavy atom. The average molecular weight is 420 g/mol. The molecule has 4 rings (SSSR count). The number of para-hydroxylation sites is 1. The molecule has 0 heterocycles. The van der Waals surface area contributed by atoms with Gasteiger partial charge in [0.25, 0.3) is 0 Å². The fourth-order valence-electron chi connectivity index (χ4n) is 3.07. The van der Waals surface area contributed by atoms with Crippen LogP contribution in [0, 0.1) is 0 Å². The molecule has 0 spiro atoms. The first-order valence-corrected chi connectivity index (χ1v) is 10.1. The smallest absolute Gasteiger partial charge is 0.197 e. The van der Waals surface area contributed by atoms with Crippen LogP contribution in [-0.4, -0.2) is 17.6 Å². The molecule has 0 atom stereocenters. The number of ether oxygens (including phenoxy) is 1. The highest BCUT2D eigenvalue weighted by Gasteiger charge is 2.28. The van der Waals surface area contributed by atoms with Gasteiger partial charge in [-0.3, -0.25) is 9.59 Å². The highest BCUT2D eigenvalue weighted by atomic mass is 16.5. The van der Waals surface area contributed by atoms with Crippen molar-refractivity contribution >= 4 is 17.3 Å². The van der Waals surface area contributed by atoms with Gasteiger partial charge in [-0.2, -0.15) is 10.2 Å². The largest absolute Gasteiger partial charge is 0.457 e. The van der Waals surface area contributed by atoms with Gasteiger partial charge in [-0.1, -0.05) is 78.9 Å². The minimum absolute atomic E-state index is 0.396. The predicted octanol–water partition coefficient (Wildman–Crippen LogP) is 6.70. The Morgan fingerprint density at radius 3 is 1.50 bits per heavy atom. The van der Waals surface area contributed by atoms with Crippen LogP contribution in [0.5, 0.6) is 11.5 Å². The second kappa shape index (κ2) is 10.1. The first-order valence-electron chi connectivity index (χ1n) is 10.1. The van der Waals surface area contributed by atoms with Gasteiger partial charge in [-0.25, -0.2) is 0 Å². The molecule has 0 unspecified atom stereocenters. The topological polar surface area (TPSA) is 68.1 Å². The first kappa shape index (κ1) is 20.9. The molecule has 0 aliphatic carbocycles. The zero-order chi connectivity index (χ0) is 22.2. The molecule has 4 aromatic rings. The van der Waals surface area contributed by atoms with Crippen LogP contribution in [0.4, 0.5) is 5.69 Å². The number of azo groups is 1. The van der Waals surface area contributed by atoms with Gasteiger partial charge in [-0.15, -0.1) is 0 Å². The summed E-state index contributed by atoms with van der Waals surface area (Å²) in [6.45, 7) is 0. The molecule has 0 saturated carbocycles. The number of hydrogen-bond acceptors (Lipinski definition) is 5. The van der Waals surface area contributed by atoms with Crippen LogP contribution >= 0.6 is 0 Å². The van der Waals surface area contributed by atoms with Gasteiger partial charge in [0.1, 0.15) is 11.5 Å². The normalized spacial score (nSPS) is 10.9.